The van der Waals surface area contributed by atoms with Crippen LogP contribution in [0.4, 0.5) is 0 Å². The lowest BCUT2D eigenvalue weighted by molar-refractivity contribution is 0.0952. The molecule has 0 unspecified atom stereocenters. The molecule has 182 valence electrons. The summed E-state index contributed by atoms with van der Waals surface area (Å²) in [4.78, 5) is 17.4. The molecule has 1 aromatic heterocycles. The van der Waals surface area contributed by atoms with Gasteiger partial charge < -0.3 is 14.6 Å². The molecule has 35 heavy (non-hydrogen) atoms. The van der Waals surface area contributed by atoms with Gasteiger partial charge in [0.2, 0.25) is 0 Å². The molecule has 0 aliphatic rings. The van der Waals surface area contributed by atoms with E-state index in [2.05, 4.69) is 47.1 Å². The fourth-order valence-electron chi connectivity index (χ4n) is 4.48. The van der Waals surface area contributed by atoms with Crippen LogP contribution in [0.1, 0.15) is 52.1 Å². The zero-order valence-electron chi connectivity index (χ0n) is 21.0. The molecule has 5 heteroatoms. The normalized spacial score (nSPS) is 11.1. The number of rotatable bonds is 11. The second-order valence-corrected chi connectivity index (χ2v) is 9.22. The van der Waals surface area contributed by atoms with Gasteiger partial charge in [-0.1, -0.05) is 48.4 Å². The van der Waals surface area contributed by atoms with Gasteiger partial charge in [0.1, 0.15) is 18.2 Å². The van der Waals surface area contributed by atoms with Gasteiger partial charge in [-0.15, -0.1) is 0 Å². The maximum Gasteiger partial charge on any atom is 0.251 e. The third-order valence-corrected chi connectivity index (χ3v) is 6.30. The number of nitrogens with one attached hydrogen (secondary N) is 1. The highest BCUT2D eigenvalue weighted by Gasteiger charge is 2.11. The molecule has 0 aliphatic heterocycles. The first-order chi connectivity index (χ1) is 17.0. The SMILES string of the molecule is Cc1cccc(OCCn2c(CCCCCNC(=O)c3ccc(C)cc3C)nc3ccccc32)c1. The second kappa shape index (κ2) is 11.7. The van der Waals surface area contributed by atoms with E-state index in [1.807, 2.05) is 50.2 Å². The average molecular weight is 470 g/mol. The van der Waals surface area contributed by atoms with E-state index >= 15 is 0 Å². The molecule has 1 amide bonds. The number of imidazole rings is 1. The van der Waals surface area contributed by atoms with Gasteiger partial charge in [0.25, 0.3) is 5.91 Å². The van der Waals surface area contributed by atoms with Crippen LogP contribution < -0.4 is 10.1 Å². The third-order valence-electron chi connectivity index (χ3n) is 6.30. The van der Waals surface area contributed by atoms with E-state index in [1.54, 1.807) is 0 Å². The zero-order valence-corrected chi connectivity index (χ0v) is 21.0. The Morgan fingerprint density at radius 3 is 2.57 bits per heavy atom. The Labute approximate surface area is 208 Å². The Kier molecular flexibility index (Phi) is 8.19. The van der Waals surface area contributed by atoms with Crippen molar-refractivity contribution in [2.75, 3.05) is 13.2 Å². The minimum atomic E-state index is 0.0119. The standard InChI is InChI=1S/C30H35N3O2/c1-22-10-9-11-25(21-22)35-19-18-33-28-13-7-6-12-27(28)32-29(33)14-5-4-8-17-31-30(34)26-16-15-23(2)20-24(26)3/h6-7,9-13,15-16,20-21H,4-5,8,14,17-19H2,1-3H3,(H,31,34). The smallest absolute Gasteiger partial charge is 0.251 e. The fourth-order valence-corrected chi connectivity index (χ4v) is 4.48. The van der Waals surface area contributed by atoms with Crippen molar-refractivity contribution in [2.24, 2.45) is 0 Å². The number of benzene rings is 3. The molecule has 0 spiro atoms. The van der Waals surface area contributed by atoms with E-state index in [-0.39, 0.29) is 5.91 Å². The first-order valence-corrected chi connectivity index (χ1v) is 12.5. The molecule has 0 bridgehead atoms. The number of para-hydroxylation sites is 2. The molecule has 0 aliphatic carbocycles. The first-order valence-electron chi connectivity index (χ1n) is 12.5. The number of hydrogen-bond acceptors (Lipinski definition) is 3. The quantitative estimate of drug-likeness (QED) is 0.267. The molecule has 3 aromatic carbocycles. The zero-order chi connectivity index (χ0) is 24.6. The van der Waals surface area contributed by atoms with Gasteiger partial charge in [-0.2, -0.15) is 0 Å². The molecule has 0 saturated heterocycles. The lowest BCUT2D eigenvalue weighted by Gasteiger charge is -2.11. The monoisotopic (exact) mass is 469 g/mol. The number of aromatic nitrogens is 2. The molecule has 4 aromatic rings. The summed E-state index contributed by atoms with van der Waals surface area (Å²) in [5.74, 6) is 2.01. The lowest BCUT2D eigenvalue weighted by Crippen LogP contribution is -2.25. The highest BCUT2D eigenvalue weighted by Crippen LogP contribution is 2.19. The summed E-state index contributed by atoms with van der Waals surface area (Å²) < 4.78 is 8.29. The van der Waals surface area contributed by atoms with E-state index in [9.17, 15) is 4.79 Å². The van der Waals surface area contributed by atoms with Crippen LogP contribution in [-0.2, 0) is 13.0 Å². The second-order valence-electron chi connectivity index (χ2n) is 9.22. The van der Waals surface area contributed by atoms with Crippen molar-refractivity contribution < 1.29 is 9.53 Å². The van der Waals surface area contributed by atoms with Gasteiger partial charge >= 0.3 is 0 Å². The minimum absolute atomic E-state index is 0.0119. The Morgan fingerprint density at radius 2 is 1.74 bits per heavy atom. The highest BCUT2D eigenvalue weighted by atomic mass is 16.5. The number of nitrogens with zero attached hydrogens (tertiary/aromatic N) is 2. The van der Waals surface area contributed by atoms with Crippen LogP contribution in [0.5, 0.6) is 5.75 Å². The van der Waals surface area contributed by atoms with Crippen molar-refractivity contribution in [3.8, 4) is 5.75 Å². The van der Waals surface area contributed by atoms with E-state index < -0.39 is 0 Å². The van der Waals surface area contributed by atoms with Crippen molar-refractivity contribution in [3.63, 3.8) is 0 Å². The number of aryl methyl sites for hydroxylation is 4. The molecule has 5 nitrogen and oxygen atoms in total. The van der Waals surface area contributed by atoms with Gasteiger partial charge in [0.05, 0.1) is 17.6 Å². The molecule has 4 rings (SSSR count). The Balaban J connectivity index is 1.27. The van der Waals surface area contributed by atoms with Gasteiger partial charge in [0.15, 0.2) is 0 Å². The van der Waals surface area contributed by atoms with Gasteiger partial charge in [0, 0.05) is 18.5 Å². The molecule has 1 N–H and O–H groups in total. The van der Waals surface area contributed by atoms with E-state index in [0.717, 1.165) is 66.0 Å². The molecular weight excluding hydrogens is 434 g/mol. The summed E-state index contributed by atoms with van der Waals surface area (Å²) in [7, 11) is 0. The minimum Gasteiger partial charge on any atom is -0.492 e. The molecule has 1 heterocycles. The number of fused-ring (bicyclic) bond motifs is 1. The Bertz CT molecular complexity index is 1290. The maximum atomic E-state index is 12.5. The van der Waals surface area contributed by atoms with Crippen molar-refractivity contribution in [2.45, 2.75) is 53.0 Å². The number of carbonyl (C=O) groups excluding carboxylic acids is 1. The number of carbonyl (C=O) groups is 1. The summed E-state index contributed by atoms with van der Waals surface area (Å²) in [6, 6.07) is 22.4. The molecule has 0 radical (unpaired) electrons. The van der Waals surface area contributed by atoms with Gasteiger partial charge in [-0.25, -0.2) is 4.98 Å². The summed E-state index contributed by atoms with van der Waals surface area (Å²) in [6.45, 7) is 8.15. The van der Waals surface area contributed by atoms with Crippen LogP contribution >= 0.6 is 0 Å². The summed E-state index contributed by atoms with van der Waals surface area (Å²) in [5.41, 5.74) is 6.33. The van der Waals surface area contributed by atoms with Crippen molar-refractivity contribution >= 4 is 16.9 Å². The van der Waals surface area contributed by atoms with Crippen LogP contribution in [0.3, 0.4) is 0 Å². The third kappa shape index (κ3) is 6.50. The number of amides is 1. The average Bonchev–Trinajstić information content (AvgIpc) is 3.18. The molecule has 0 fully saturated rings. The topological polar surface area (TPSA) is 56.1 Å². The van der Waals surface area contributed by atoms with Gasteiger partial charge in [-0.3, -0.25) is 4.79 Å². The summed E-state index contributed by atoms with van der Waals surface area (Å²) >= 11 is 0. The molecule has 0 atom stereocenters. The number of ether oxygens (including phenoxy) is 1. The van der Waals surface area contributed by atoms with Crippen LogP contribution in [0.15, 0.2) is 66.7 Å². The van der Waals surface area contributed by atoms with Crippen LogP contribution in [0, 0.1) is 20.8 Å². The first kappa shape index (κ1) is 24.5. The van der Waals surface area contributed by atoms with Crippen LogP contribution in [-0.4, -0.2) is 28.6 Å². The van der Waals surface area contributed by atoms with Gasteiger partial charge in [-0.05, 0) is 75.1 Å². The molecular formula is C30H35N3O2. The summed E-state index contributed by atoms with van der Waals surface area (Å²) in [5, 5.41) is 3.06. The van der Waals surface area contributed by atoms with Crippen molar-refractivity contribution in [1.82, 2.24) is 14.9 Å². The predicted octanol–water partition coefficient (Wildman–Crippen LogP) is 6.18. The highest BCUT2D eigenvalue weighted by molar-refractivity contribution is 5.95. The van der Waals surface area contributed by atoms with Crippen molar-refractivity contribution in [3.05, 3.63) is 94.8 Å². The Hall–Kier alpha value is -3.60. The van der Waals surface area contributed by atoms with Crippen LogP contribution in [0.2, 0.25) is 0 Å². The van der Waals surface area contributed by atoms with Crippen molar-refractivity contribution in [1.29, 1.82) is 0 Å². The van der Waals surface area contributed by atoms with Crippen LogP contribution in [0.25, 0.3) is 11.0 Å². The largest absolute Gasteiger partial charge is 0.492 e. The lowest BCUT2D eigenvalue weighted by atomic mass is 10.1. The summed E-state index contributed by atoms with van der Waals surface area (Å²) in [6.07, 6.45) is 3.93. The predicted molar refractivity (Wildman–Crippen MR) is 142 cm³/mol. The van der Waals surface area contributed by atoms with E-state index in [4.69, 9.17) is 9.72 Å². The molecule has 0 saturated carbocycles. The Morgan fingerprint density at radius 1 is 0.914 bits per heavy atom. The van der Waals surface area contributed by atoms with E-state index in [0.29, 0.717) is 13.2 Å². The fraction of sp³-hybridized carbons (Fsp3) is 0.333. The maximum absolute atomic E-state index is 12.5. The number of hydrogen-bond donors (Lipinski definition) is 1. The van der Waals surface area contributed by atoms with E-state index in [1.165, 1.54) is 11.1 Å². The number of unbranched alkanes of at least 4 members (excludes halogenated alkanes) is 2.